The number of hydrogen-bond donors (Lipinski definition) is 0. The highest BCUT2D eigenvalue weighted by molar-refractivity contribution is 5.96. The smallest absolute Gasteiger partial charge is 0.257 e. The molecule has 0 unspecified atom stereocenters. The average molecular weight is 235 g/mol. The van der Waals surface area contributed by atoms with E-state index in [1.807, 2.05) is 13.0 Å². The maximum atomic E-state index is 13.8. The highest BCUT2D eigenvalue weighted by Gasteiger charge is 2.22. The molecule has 17 heavy (non-hydrogen) atoms. The monoisotopic (exact) mass is 235 g/mol. The fourth-order valence-corrected chi connectivity index (χ4v) is 2.36. The topological polar surface area (TPSA) is 20.3 Å². The van der Waals surface area contributed by atoms with Gasteiger partial charge >= 0.3 is 0 Å². The summed E-state index contributed by atoms with van der Waals surface area (Å²) in [5.41, 5.74) is 1.08. The summed E-state index contributed by atoms with van der Waals surface area (Å²) in [5.74, 6) is -0.528. The van der Waals surface area contributed by atoms with Crippen LogP contribution in [0.25, 0.3) is 0 Å². The second-order valence-electron chi connectivity index (χ2n) is 4.48. The quantitative estimate of drug-likeness (QED) is 0.771. The summed E-state index contributed by atoms with van der Waals surface area (Å²) in [5, 5.41) is 0. The van der Waals surface area contributed by atoms with Crippen LogP contribution in [0.4, 0.5) is 4.39 Å². The highest BCUT2D eigenvalue weighted by Crippen LogP contribution is 2.19. The van der Waals surface area contributed by atoms with Crippen molar-refractivity contribution in [1.29, 1.82) is 0 Å². The van der Waals surface area contributed by atoms with E-state index in [4.69, 9.17) is 0 Å². The Labute approximate surface area is 101 Å². The van der Waals surface area contributed by atoms with Gasteiger partial charge in [-0.1, -0.05) is 19.1 Å². The Balaban J connectivity index is 2.29. The fraction of sp³-hybridized carbons (Fsp3) is 0.500. The minimum Gasteiger partial charge on any atom is -0.339 e. The molecule has 1 fully saturated rings. The molecule has 1 heterocycles. The lowest BCUT2D eigenvalue weighted by molar-refractivity contribution is 0.0718. The van der Waals surface area contributed by atoms with Gasteiger partial charge in [0.1, 0.15) is 5.82 Å². The van der Waals surface area contributed by atoms with Crippen molar-refractivity contribution < 1.29 is 9.18 Å². The Bertz CT molecular complexity index is 411. The summed E-state index contributed by atoms with van der Waals surface area (Å²) in [6.45, 7) is 3.47. The second kappa shape index (κ2) is 5.30. The number of halogens is 1. The van der Waals surface area contributed by atoms with Gasteiger partial charge in [-0.05, 0) is 37.3 Å². The largest absolute Gasteiger partial charge is 0.339 e. The van der Waals surface area contributed by atoms with Gasteiger partial charge in [0.15, 0.2) is 0 Å². The van der Waals surface area contributed by atoms with Crippen molar-refractivity contribution in [3.63, 3.8) is 0 Å². The van der Waals surface area contributed by atoms with E-state index in [1.54, 1.807) is 11.0 Å². The van der Waals surface area contributed by atoms with E-state index in [1.165, 1.54) is 12.5 Å². The third-order valence-corrected chi connectivity index (χ3v) is 3.34. The zero-order valence-electron chi connectivity index (χ0n) is 10.2. The predicted molar refractivity (Wildman–Crippen MR) is 65.5 cm³/mol. The molecule has 92 valence electrons. The van der Waals surface area contributed by atoms with Crippen LogP contribution in [0.3, 0.4) is 0 Å². The summed E-state index contributed by atoms with van der Waals surface area (Å²) in [4.78, 5) is 14.1. The van der Waals surface area contributed by atoms with E-state index < -0.39 is 0 Å². The van der Waals surface area contributed by atoms with Gasteiger partial charge in [0, 0.05) is 13.1 Å². The van der Waals surface area contributed by atoms with Gasteiger partial charge in [0.2, 0.25) is 0 Å². The Kier molecular flexibility index (Phi) is 3.77. The lowest BCUT2D eigenvalue weighted by Gasteiger charge is -2.27. The average Bonchev–Trinajstić information content (AvgIpc) is 2.38. The zero-order valence-corrected chi connectivity index (χ0v) is 10.2. The molecule has 0 N–H and O–H groups in total. The van der Waals surface area contributed by atoms with Gasteiger partial charge in [-0.15, -0.1) is 0 Å². The first-order valence-electron chi connectivity index (χ1n) is 6.30. The van der Waals surface area contributed by atoms with Crippen LogP contribution in [0.2, 0.25) is 0 Å². The van der Waals surface area contributed by atoms with E-state index in [2.05, 4.69) is 0 Å². The molecule has 1 aromatic carbocycles. The molecule has 0 atom stereocenters. The molecular weight excluding hydrogens is 217 g/mol. The van der Waals surface area contributed by atoms with Crippen molar-refractivity contribution >= 4 is 5.91 Å². The number of likely N-dealkylation sites (tertiary alicyclic amines) is 1. The number of aryl methyl sites for hydroxylation is 1. The Morgan fingerprint density at radius 3 is 2.65 bits per heavy atom. The van der Waals surface area contributed by atoms with Crippen LogP contribution in [0.5, 0.6) is 0 Å². The molecule has 2 nitrogen and oxygen atoms in total. The van der Waals surface area contributed by atoms with Gasteiger partial charge in [-0.3, -0.25) is 4.79 Å². The predicted octanol–water partition coefficient (Wildman–Crippen LogP) is 3.01. The van der Waals surface area contributed by atoms with Crippen LogP contribution in [0, 0.1) is 5.82 Å². The van der Waals surface area contributed by atoms with Crippen LogP contribution >= 0.6 is 0 Å². The van der Waals surface area contributed by atoms with Crippen molar-refractivity contribution in [2.45, 2.75) is 32.6 Å². The van der Waals surface area contributed by atoms with Gasteiger partial charge in [-0.25, -0.2) is 4.39 Å². The van der Waals surface area contributed by atoms with Crippen molar-refractivity contribution in [3.05, 3.63) is 35.1 Å². The maximum Gasteiger partial charge on any atom is 0.257 e. The third-order valence-electron chi connectivity index (χ3n) is 3.34. The molecule has 0 aliphatic carbocycles. The molecule has 1 aliphatic rings. The molecule has 1 amide bonds. The number of benzene rings is 1. The number of rotatable bonds is 2. The molecule has 1 saturated heterocycles. The summed E-state index contributed by atoms with van der Waals surface area (Å²) >= 11 is 0. The fourth-order valence-electron chi connectivity index (χ4n) is 2.36. The van der Waals surface area contributed by atoms with E-state index in [0.29, 0.717) is 6.42 Å². The Morgan fingerprint density at radius 1 is 1.29 bits per heavy atom. The van der Waals surface area contributed by atoms with Crippen LogP contribution in [0.1, 0.15) is 42.1 Å². The first-order chi connectivity index (χ1) is 8.24. The standard InChI is InChI=1S/C14H18FNO/c1-2-11-7-6-8-12(15)13(11)14(17)16-9-4-3-5-10-16/h6-8H,2-5,9-10H2,1H3. The van der Waals surface area contributed by atoms with Crippen molar-refractivity contribution in [1.82, 2.24) is 4.90 Å². The molecule has 2 rings (SSSR count). The van der Waals surface area contributed by atoms with E-state index in [0.717, 1.165) is 31.5 Å². The SMILES string of the molecule is CCc1cccc(F)c1C(=O)N1CCCCC1. The van der Waals surface area contributed by atoms with Crippen LogP contribution in [-0.4, -0.2) is 23.9 Å². The molecule has 3 heteroatoms. The summed E-state index contributed by atoms with van der Waals surface area (Å²) in [6, 6.07) is 4.87. The highest BCUT2D eigenvalue weighted by atomic mass is 19.1. The third kappa shape index (κ3) is 2.48. The van der Waals surface area contributed by atoms with Gasteiger partial charge in [-0.2, -0.15) is 0 Å². The van der Waals surface area contributed by atoms with Gasteiger partial charge < -0.3 is 4.90 Å². The Morgan fingerprint density at radius 2 is 2.00 bits per heavy atom. The first-order valence-corrected chi connectivity index (χ1v) is 6.30. The number of nitrogens with zero attached hydrogens (tertiary/aromatic N) is 1. The van der Waals surface area contributed by atoms with Crippen molar-refractivity contribution in [2.24, 2.45) is 0 Å². The lowest BCUT2D eigenvalue weighted by atomic mass is 10.0. The summed E-state index contributed by atoms with van der Waals surface area (Å²) < 4.78 is 13.8. The van der Waals surface area contributed by atoms with Gasteiger partial charge in [0.25, 0.3) is 5.91 Å². The Hall–Kier alpha value is -1.38. The van der Waals surface area contributed by atoms with E-state index in [-0.39, 0.29) is 17.3 Å². The first kappa shape index (κ1) is 12.1. The normalized spacial score (nSPS) is 16.0. The second-order valence-corrected chi connectivity index (χ2v) is 4.48. The molecule has 0 bridgehead atoms. The molecule has 0 saturated carbocycles. The minimum atomic E-state index is -0.389. The number of carbonyl (C=O) groups is 1. The number of carbonyl (C=O) groups excluding carboxylic acids is 1. The molecule has 0 aromatic heterocycles. The minimum absolute atomic E-state index is 0.139. The van der Waals surface area contributed by atoms with Crippen LogP contribution in [0.15, 0.2) is 18.2 Å². The number of hydrogen-bond acceptors (Lipinski definition) is 1. The molecule has 0 radical (unpaired) electrons. The van der Waals surface area contributed by atoms with Crippen LogP contribution < -0.4 is 0 Å². The maximum absolute atomic E-state index is 13.8. The molecule has 0 spiro atoms. The summed E-state index contributed by atoms with van der Waals surface area (Å²) in [6.07, 6.45) is 3.91. The lowest BCUT2D eigenvalue weighted by Crippen LogP contribution is -2.36. The van der Waals surface area contributed by atoms with E-state index in [9.17, 15) is 9.18 Å². The van der Waals surface area contributed by atoms with E-state index >= 15 is 0 Å². The molecular formula is C14H18FNO. The number of piperidine rings is 1. The van der Waals surface area contributed by atoms with Crippen molar-refractivity contribution in [3.8, 4) is 0 Å². The number of amides is 1. The molecule has 1 aliphatic heterocycles. The van der Waals surface area contributed by atoms with Crippen molar-refractivity contribution in [2.75, 3.05) is 13.1 Å². The van der Waals surface area contributed by atoms with Gasteiger partial charge in [0.05, 0.1) is 5.56 Å². The zero-order chi connectivity index (χ0) is 12.3. The summed E-state index contributed by atoms with van der Waals surface area (Å²) in [7, 11) is 0. The molecule has 1 aromatic rings. The van der Waals surface area contributed by atoms with Crippen LogP contribution in [-0.2, 0) is 6.42 Å².